The van der Waals surface area contributed by atoms with Crippen LogP contribution in [-0.4, -0.2) is 18.6 Å². The van der Waals surface area contributed by atoms with E-state index in [-0.39, 0.29) is 26.9 Å². The number of sulfone groups is 1. The summed E-state index contributed by atoms with van der Waals surface area (Å²) in [5.74, 6) is -0.340. The first kappa shape index (κ1) is 14.4. The fourth-order valence-corrected chi connectivity index (χ4v) is 3.90. The van der Waals surface area contributed by atoms with Gasteiger partial charge in [-0.1, -0.05) is 12.1 Å². The van der Waals surface area contributed by atoms with Crippen molar-refractivity contribution >= 4 is 9.84 Å². The molecular weight excluding hydrogens is 276 g/mol. The van der Waals surface area contributed by atoms with Crippen molar-refractivity contribution in [2.75, 3.05) is 0 Å². The number of aromatic hydroxyl groups is 2. The molecule has 5 heteroatoms. The summed E-state index contributed by atoms with van der Waals surface area (Å²) in [6.45, 7) is 4.94. The quantitative estimate of drug-likeness (QED) is 0.892. The molecule has 0 aliphatic rings. The fraction of sp³-hybridized carbons (Fsp3) is 0.200. The van der Waals surface area contributed by atoms with E-state index in [1.807, 2.05) is 0 Å². The monoisotopic (exact) mass is 292 g/mol. The van der Waals surface area contributed by atoms with Gasteiger partial charge in [-0.25, -0.2) is 8.42 Å². The first-order valence-electron chi connectivity index (χ1n) is 6.09. The summed E-state index contributed by atoms with van der Waals surface area (Å²) in [7, 11) is -3.88. The normalized spacial score (nSPS) is 11.6. The van der Waals surface area contributed by atoms with Crippen LogP contribution in [0.2, 0.25) is 0 Å². The average molecular weight is 292 g/mol. The van der Waals surface area contributed by atoms with Crippen molar-refractivity contribution in [1.82, 2.24) is 0 Å². The number of rotatable bonds is 2. The van der Waals surface area contributed by atoms with Gasteiger partial charge in [0.05, 0.1) is 4.90 Å². The summed E-state index contributed by atoms with van der Waals surface area (Å²) in [5.41, 5.74) is 1.52. The highest BCUT2D eigenvalue weighted by molar-refractivity contribution is 7.91. The predicted octanol–water partition coefficient (Wildman–Crippen LogP) is 2.86. The number of hydrogen-bond donors (Lipinski definition) is 2. The molecule has 2 aromatic rings. The second-order valence-corrected chi connectivity index (χ2v) is 6.72. The molecule has 106 valence electrons. The van der Waals surface area contributed by atoms with Crippen LogP contribution in [0.1, 0.15) is 16.7 Å². The molecule has 20 heavy (non-hydrogen) atoms. The third kappa shape index (κ3) is 2.25. The molecule has 0 fully saturated rings. The van der Waals surface area contributed by atoms with Crippen LogP contribution in [0.5, 0.6) is 11.5 Å². The van der Waals surface area contributed by atoms with Crippen LogP contribution in [0.3, 0.4) is 0 Å². The maximum absolute atomic E-state index is 12.7. The van der Waals surface area contributed by atoms with Gasteiger partial charge in [0.2, 0.25) is 9.84 Å². The summed E-state index contributed by atoms with van der Waals surface area (Å²) in [6.07, 6.45) is 0. The van der Waals surface area contributed by atoms with Crippen molar-refractivity contribution in [2.24, 2.45) is 0 Å². The molecule has 0 saturated carbocycles. The first-order chi connectivity index (χ1) is 9.25. The maximum atomic E-state index is 12.7. The van der Waals surface area contributed by atoms with Gasteiger partial charge in [-0.2, -0.15) is 0 Å². The minimum absolute atomic E-state index is 0.00204. The van der Waals surface area contributed by atoms with Crippen LogP contribution in [0.25, 0.3) is 0 Å². The van der Waals surface area contributed by atoms with Crippen LogP contribution in [0.15, 0.2) is 40.1 Å². The second-order valence-electron chi connectivity index (χ2n) is 4.83. The minimum Gasteiger partial charge on any atom is -0.508 e. The van der Waals surface area contributed by atoms with Crippen LogP contribution in [-0.2, 0) is 9.84 Å². The molecule has 0 amide bonds. The molecule has 4 nitrogen and oxygen atoms in total. The molecule has 2 rings (SSSR count). The van der Waals surface area contributed by atoms with E-state index in [1.165, 1.54) is 31.2 Å². The van der Waals surface area contributed by atoms with Crippen LogP contribution >= 0.6 is 0 Å². The van der Waals surface area contributed by atoms with Gasteiger partial charge < -0.3 is 10.2 Å². The average Bonchev–Trinajstić information content (AvgIpc) is 2.36. The molecule has 0 aliphatic heterocycles. The fourth-order valence-electron chi connectivity index (χ4n) is 2.14. The summed E-state index contributed by atoms with van der Waals surface area (Å²) in [5, 5.41) is 19.7. The molecule has 0 atom stereocenters. The largest absolute Gasteiger partial charge is 0.508 e. The first-order valence-corrected chi connectivity index (χ1v) is 7.57. The number of benzene rings is 2. The molecule has 0 bridgehead atoms. The van der Waals surface area contributed by atoms with Crippen LogP contribution in [0.4, 0.5) is 0 Å². The van der Waals surface area contributed by atoms with E-state index >= 15 is 0 Å². The third-order valence-electron chi connectivity index (χ3n) is 3.24. The van der Waals surface area contributed by atoms with Gasteiger partial charge in [-0.15, -0.1) is 0 Å². The zero-order chi connectivity index (χ0) is 15.1. The Morgan fingerprint density at radius 2 is 1.60 bits per heavy atom. The summed E-state index contributed by atoms with van der Waals surface area (Å²) in [4.78, 5) is -0.137. The smallest absolute Gasteiger partial charge is 0.210 e. The Kier molecular flexibility index (Phi) is 3.48. The second kappa shape index (κ2) is 4.83. The molecule has 0 aromatic heterocycles. The molecule has 2 N–H and O–H groups in total. The topological polar surface area (TPSA) is 74.6 Å². The van der Waals surface area contributed by atoms with Gasteiger partial charge in [-0.05, 0) is 50.1 Å². The molecule has 0 aliphatic carbocycles. The van der Waals surface area contributed by atoms with Gasteiger partial charge >= 0.3 is 0 Å². The van der Waals surface area contributed by atoms with E-state index in [2.05, 4.69) is 0 Å². The van der Waals surface area contributed by atoms with E-state index < -0.39 is 9.84 Å². The highest BCUT2D eigenvalue weighted by Gasteiger charge is 2.25. The standard InChI is InChI=1S/C15H16O4S/c1-9-7-10(2)15(17)14(8-9)20(18,19)13-6-4-5-12(16)11(13)3/h4-8,16-17H,1-3H3. The van der Waals surface area contributed by atoms with Gasteiger partial charge in [0, 0.05) is 5.56 Å². The summed E-state index contributed by atoms with van der Waals surface area (Å²) >= 11 is 0. The van der Waals surface area contributed by atoms with Crippen LogP contribution < -0.4 is 0 Å². The van der Waals surface area contributed by atoms with E-state index in [0.717, 1.165) is 5.56 Å². The maximum Gasteiger partial charge on any atom is 0.210 e. The highest BCUT2D eigenvalue weighted by Crippen LogP contribution is 2.35. The van der Waals surface area contributed by atoms with Gasteiger partial charge in [0.15, 0.2) is 0 Å². The molecule has 0 spiro atoms. The van der Waals surface area contributed by atoms with Crippen molar-refractivity contribution in [3.63, 3.8) is 0 Å². The molecule has 0 saturated heterocycles. The van der Waals surface area contributed by atoms with Gasteiger partial charge in [0.1, 0.15) is 16.4 Å². The number of aryl methyl sites for hydroxylation is 2. The van der Waals surface area contributed by atoms with E-state index in [4.69, 9.17) is 0 Å². The molecule has 0 radical (unpaired) electrons. The Balaban J connectivity index is 2.77. The van der Waals surface area contributed by atoms with Crippen molar-refractivity contribution in [3.05, 3.63) is 47.0 Å². The predicted molar refractivity (Wildman–Crippen MR) is 75.9 cm³/mol. The number of hydrogen-bond acceptors (Lipinski definition) is 4. The zero-order valence-corrected chi connectivity index (χ0v) is 12.3. The van der Waals surface area contributed by atoms with Crippen molar-refractivity contribution in [3.8, 4) is 11.5 Å². The van der Waals surface area contributed by atoms with Crippen molar-refractivity contribution in [1.29, 1.82) is 0 Å². The number of phenols is 2. The van der Waals surface area contributed by atoms with Gasteiger partial charge in [0.25, 0.3) is 0 Å². The summed E-state index contributed by atoms with van der Waals surface area (Å²) in [6, 6.07) is 7.46. The Morgan fingerprint density at radius 3 is 2.25 bits per heavy atom. The minimum atomic E-state index is -3.88. The SMILES string of the molecule is Cc1cc(C)c(O)c(S(=O)(=O)c2cccc(O)c2C)c1. The lowest BCUT2D eigenvalue weighted by Gasteiger charge is -2.12. The molecule has 0 unspecified atom stereocenters. The summed E-state index contributed by atoms with van der Waals surface area (Å²) < 4.78 is 25.3. The number of phenolic OH excluding ortho intramolecular Hbond substituents is 2. The molecular formula is C15H16O4S. The van der Waals surface area contributed by atoms with E-state index in [0.29, 0.717) is 5.56 Å². The Morgan fingerprint density at radius 1 is 0.950 bits per heavy atom. The lowest BCUT2D eigenvalue weighted by molar-refractivity contribution is 0.453. The van der Waals surface area contributed by atoms with E-state index in [9.17, 15) is 18.6 Å². The van der Waals surface area contributed by atoms with E-state index in [1.54, 1.807) is 19.9 Å². The Labute approximate surface area is 118 Å². The molecule has 0 heterocycles. The lowest BCUT2D eigenvalue weighted by Crippen LogP contribution is -2.05. The van der Waals surface area contributed by atoms with Gasteiger partial charge in [-0.3, -0.25) is 0 Å². The zero-order valence-electron chi connectivity index (χ0n) is 11.5. The Hall–Kier alpha value is -2.01. The third-order valence-corrected chi connectivity index (χ3v) is 5.16. The Bertz CT molecular complexity index is 777. The lowest BCUT2D eigenvalue weighted by atomic mass is 10.1. The van der Waals surface area contributed by atoms with Crippen LogP contribution in [0, 0.1) is 20.8 Å². The highest BCUT2D eigenvalue weighted by atomic mass is 32.2. The van der Waals surface area contributed by atoms with Crippen molar-refractivity contribution in [2.45, 2.75) is 30.6 Å². The molecule has 2 aromatic carbocycles. The van der Waals surface area contributed by atoms with Crippen molar-refractivity contribution < 1.29 is 18.6 Å².